The minimum absolute atomic E-state index is 0.0649. The molecule has 0 saturated heterocycles. The highest BCUT2D eigenvalue weighted by atomic mass is 31.2. The first-order valence-corrected chi connectivity index (χ1v) is 27.6. The largest absolute Gasteiger partial charge is 0.472 e. The fourth-order valence-corrected chi connectivity index (χ4v) is 8.60. The maximum Gasteiger partial charge on any atom is 0.472 e. The number of allylic oxidation sites excluding steroid dienone is 1. The van der Waals surface area contributed by atoms with E-state index < -0.39 is 20.0 Å². The molecule has 1 amide bonds. The van der Waals surface area contributed by atoms with Gasteiger partial charge in [0.05, 0.1) is 39.9 Å². The van der Waals surface area contributed by atoms with E-state index in [1.54, 1.807) is 6.08 Å². The molecule has 0 saturated carbocycles. The molecule has 0 heterocycles. The van der Waals surface area contributed by atoms with Gasteiger partial charge in [-0.25, -0.2) is 4.57 Å². The van der Waals surface area contributed by atoms with Gasteiger partial charge < -0.3 is 19.8 Å². The number of carbonyl (C=O) groups is 1. The third-order valence-corrected chi connectivity index (χ3v) is 13.0. The molecule has 1 unspecified atom stereocenters. The summed E-state index contributed by atoms with van der Waals surface area (Å²) in [5.41, 5.74) is 0. The second-order valence-corrected chi connectivity index (χ2v) is 20.7. The van der Waals surface area contributed by atoms with Crippen molar-refractivity contribution in [1.29, 1.82) is 0 Å². The molecule has 0 fully saturated rings. The van der Waals surface area contributed by atoms with Crippen LogP contribution in [0.25, 0.3) is 0 Å². The number of nitrogens with zero attached hydrogens (tertiary/aromatic N) is 1. The van der Waals surface area contributed by atoms with Gasteiger partial charge in [-0.3, -0.25) is 13.8 Å². The lowest BCUT2D eigenvalue weighted by Gasteiger charge is -2.25. The Hall–Kier alpha value is -0.760. The van der Waals surface area contributed by atoms with Crippen LogP contribution in [0.2, 0.25) is 0 Å². The third-order valence-electron chi connectivity index (χ3n) is 12.0. The van der Waals surface area contributed by atoms with Gasteiger partial charge in [0.25, 0.3) is 0 Å². The maximum atomic E-state index is 12.9. The van der Waals surface area contributed by atoms with Crippen molar-refractivity contribution >= 4 is 13.7 Å². The van der Waals surface area contributed by atoms with E-state index in [9.17, 15) is 19.4 Å². The Morgan fingerprint density at radius 2 is 0.883 bits per heavy atom. The average Bonchev–Trinajstić information content (AvgIpc) is 3.20. The summed E-state index contributed by atoms with van der Waals surface area (Å²) in [6, 6.07) is -0.840. The number of aliphatic hydroxyl groups excluding tert-OH is 1. The number of hydrogen-bond donors (Lipinski definition) is 3. The second-order valence-electron chi connectivity index (χ2n) is 19.3. The highest BCUT2D eigenvalue weighted by Gasteiger charge is 2.27. The summed E-state index contributed by atoms with van der Waals surface area (Å²) in [6.07, 6.45) is 51.5. The molecule has 60 heavy (non-hydrogen) atoms. The van der Waals surface area contributed by atoms with Crippen LogP contribution in [0.5, 0.6) is 0 Å². The fourth-order valence-electron chi connectivity index (χ4n) is 7.87. The highest BCUT2D eigenvalue weighted by molar-refractivity contribution is 7.47. The van der Waals surface area contributed by atoms with Crippen LogP contribution in [0, 0.1) is 0 Å². The number of quaternary nitrogens is 1. The summed E-state index contributed by atoms with van der Waals surface area (Å²) in [7, 11) is 1.59. The summed E-state index contributed by atoms with van der Waals surface area (Å²) in [6.45, 7) is 4.85. The van der Waals surface area contributed by atoms with E-state index >= 15 is 0 Å². The third kappa shape index (κ3) is 45.3. The van der Waals surface area contributed by atoms with E-state index in [0.717, 1.165) is 38.5 Å². The highest BCUT2D eigenvalue weighted by Crippen LogP contribution is 2.43. The van der Waals surface area contributed by atoms with Crippen molar-refractivity contribution in [3.8, 4) is 0 Å². The Bertz CT molecular complexity index is 989. The SMILES string of the molecule is CCCCCCCCCCCCCC/C=C/[C@@H](O)[C@H](COP(=O)(O)OCC[N+](C)(C)C)NC(=O)CCCCCCCCCCCCCCCCCCCCCCCCCC. The quantitative estimate of drug-likeness (QED) is 0.0243. The molecule has 0 aliphatic carbocycles. The van der Waals surface area contributed by atoms with Gasteiger partial charge in [0.2, 0.25) is 5.91 Å². The normalized spacial score (nSPS) is 14.2. The molecule has 0 aromatic heterocycles. The molecule has 0 rings (SSSR count). The van der Waals surface area contributed by atoms with Gasteiger partial charge in [-0.15, -0.1) is 0 Å². The number of likely N-dealkylation sites (N-methyl/N-ethyl adjacent to an activating group) is 1. The monoisotopic (exact) mass is 872 g/mol. The molecule has 0 spiro atoms. The lowest BCUT2D eigenvalue weighted by atomic mass is 10.0. The van der Waals surface area contributed by atoms with E-state index in [1.807, 2.05) is 27.2 Å². The van der Waals surface area contributed by atoms with Crippen molar-refractivity contribution in [2.75, 3.05) is 40.9 Å². The number of nitrogens with one attached hydrogen (secondary N) is 1. The van der Waals surface area contributed by atoms with Crippen LogP contribution in [0.15, 0.2) is 12.2 Å². The number of rotatable bonds is 48. The van der Waals surface area contributed by atoms with E-state index in [1.165, 1.54) is 199 Å². The molecule has 0 aliphatic rings. The van der Waals surface area contributed by atoms with E-state index in [2.05, 4.69) is 19.2 Å². The van der Waals surface area contributed by atoms with E-state index in [4.69, 9.17) is 9.05 Å². The van der Waals surface area contributed by atoms with E-state index in [0.29, 0.717) is 17.4 Å². The van der Waals surface area contributed by atoms with Crippen molar-refractivity contribution in [1.82, 2.24) is 5.32 Å². The number of aliphatic hydroxyl groups is 1. The molecule has 9 heteroatoms. The van der Waals surface area contributed by atoms with Crippen LogP contribution in [-0.2, 0) is 18.4 Å². The standard InChI is InChI=1S/C51H103N2O6P/c1-6-8-10-12-14-16-18-20-22-23-24-25-26-27-28-29-30-31-33-35-37-39-41-43-45-51(55)52-49(48-59-60(56,57)58-47-46-53(3,4)5)50(54)44-42-40-38-36-34-32-21-19-17-15-13-11-9-7-2/h42,44,49-50,54H,6-41,43,45-48H2,1-5H3,(H-,52,55,56,57)/p+1/b44-42+/t49-,50+/m0/s1. The smallest absolute Gasteiger partial charge is 0.387 e. The van der Waals surface area contributed by atoms with Gasteiger partial charge in [-0.2, -0.15) is 0 Å². The van der Waals surface area contributed by atoms with Gasteiger partial charge in [0.1, 0.15) is 13.2 Å². The summed E-state index contributed by atoms with van der Waals surface area (Å²) in [5, 5.41) is 13.9. The lowest BCUT2D eigenvalue weighted by molar-refractivity contribution is -0.870. The first kappa shape index (κ1) is 59.2. The summed E-state index contributed by atoms with van der Waals surface area (Å²) < 4.78 is 23.6. The molecule has 3 N–H and O–H groups in total. The first-order valence-electron chi connectivity index (χ1n) is 26.1. The van der Waals surface area contributed by atoms with Crippen molar-refractivity contribution in [3.05, 3.63) is 12.2 Å². The van der Waals surface area contributed by atoms with Crippen molar-refractivity contribution in [2.24, 2.45) is 0 Å². The topological polar surface area (TPSA) is 105 Å². The summed E-state index contributed by atoms with van der Waals surface area (Å²) >= 11 is 0. The Morgan fingerprint density at radius 3 is 1.23 bits per heavy atom. The Kier molecular flexibility index (Phi) is 42.9. The van der Waals surface area contributed by atoms with Crippen LogP contribution in [0.4, 0.5) is 0 Å². The van der Waals surface area contributed by atoms with Gasteiger partial charge >= 0.3 is 7.82 Å². The Balaban J connectivity index is 4.18. The van der Waals surface area contributed by atoms with Crippen LogP contribution < -0.4 is 5.32 Å². The number of amides is 1. The molecule has 358 valence electrons. The number of phosphoric acid groups is 1. The van der Waals surface area contributed by atoms with Crippen LogP contribution >= 0.6 is 7.82 Å². The van der Waals surface area contributed by atoms with Gasteiger partial charge in [-0.05, 0) is 19.3 Å². The molecule has 0 aromatic rings. The number of unbranched alkanes of at least 4 members (excludes halogenated alkanes) is 35. The van der Waals surface area contributed by atoms with E-state index in [-0.39, 0.29) is 19.1 Å². The second kappa shape index (κ2) is 43.5. The zero-order chi connectivity index (χ0) is 44.3. The molecule has 8 nitrogen and oxygen atoms in total. The van der Waals surface area contributed by atoms with Gasteiger partial charge in [-0.1, -0.05) is 244 Å². The molecule has 3 atom stereocenters. The van der Waals surface area contributed by atoms with Crippen LogP contribution in [0.3, 0.4) is 0 Å². The van der Waals surface area contributed by atoms with Crippen molar-refractivity contribution < 1.29 is 32.9 Å². The molecular formula is C51H104N2O6P+. The predicted octanol–water partition coefficient (Wildman–Crippen LogP) is 15.1. The molecule has 0 aromatic carbocycles. The first-order chi connectivity index (χ1) is 29.0. The maximum absolute atomic E-state index is 12.9. The fraction of sp³-hybridized carbons (Fsp3) is 0.941. The zero-order valence-corrected chi connectivity index (χ0v) is 41.6. The predicted molar refractivity (Wildman–Crippen MR) is 259 cm³/mol. The zero-order valence-electron chi connectivity index (χ0n) is 40.7. The summed E-state index contributed by atoms with van der Waals surface area (Å²) in [4.78, 5) is 23.2. The average molecular weight is 872 g/mol. The molecule has 0 radical (unpaired) electrons. The van der Waals surface area contributed by atoms with Crippen LogP contribution in [-0.4, -0.2) is 73.4 Å². The molecular weight excluding hydrogens is 768 g/mol. The molecule has 0 bridgehead atoms. The number of phosphoric ester groups is 1. The lowest BCUT2D eigenvalue weighted by Crippen LogP contribution is -2.45. The van der Waals surface area contributed by atoms with Crippen molar-refractivity contribution in [2.45, 2.75) is 270 Å². The number of hydrogen-bond acceptors (Lipinski definition) is 5. The van der Waals surface area contributed by atoms with Crippen molar-refractivity contribution in [3.63, 3.8) is 0 Å². The summed E-state index contributed by atoms with van der Waals surface area (Å²) in [5.74, 6) is -0.172. The number of carbonyl (C=O) groups excluding carboxylic acids is 1. The van der Waals surface area contributed by atoms with Crippen LogP contribution in [0.1, 0.15) is 258 Å². The van der Waals surface area contributed by atoms with Gasteiger partial charge in [0.15, 0.2) is 0 Å². The minimum Gasteiger partial charge on any atom is -0.387 e. The van der Waals surface area contributed by atoms with Gasteiger partial charge in [0, 0.05) is 6.42 Å². The Morgan fingerprint density at radius 1 is 0.550 bits per heavy atom. The molecule has 0 aliphatic heterocycles. The Labute approximate surface area is 373 Å². The minimum atomic E-state index is -4.34.